The van der Waals surface area contributed by atoms with Gasteiger partial charge in [-0.3, -0.25) is 0 Å². The van der Waals surface area contributed by atoms with Gasteiger partial charge in [0.25, 0.3) is 0 Å². The summed E-state index contributed by atoms with van der Waals surface area (Å²) < 4.78 is 79.8. The van der Waals surface area contributed by atoms with E-state index >= 15 is 0 Å². The van der Waals surface area contributed by atoms with Crippen molar-refractivity contribution < 1.29 is 65.2 Å². The van der Waals surface area contributed by atoms with Gasteiger partial charge in [0.1, 0.15) is 0 Å². The molecular weight excluding hydrogens is 819 g/mol. The van der Waals surface area contributed by atoms with Crippen LogP contribution in [0.25, 0.3) is 0 Å². The number of esters is 3. The van der Waals surface area contributed by atoms with Crippen LogP contribution in [0.1, 0.15) is 36.0 Å². The third-order valence-corrected chi connectivity index (χ3v) is 9.47. The molecule has 17 nitrogen and oxygen atoms in total. The van der Waals surface area contributed by atoms with E-state index in [1.54, 1.807) is 18.4 Å². The van der Waals surface area contributed by atoms with Gasteiger partial charge in [-0.1, -0.05) is 0 Å². The first-order valence-electron chi connectivity index (χ1n) is 18.5. The molecule has 0 saturated heterocycles. The Kier molecular flexibility index (Phi) is 28.3. The summed E-state index contributed by atoms with van der Waals surface area (Å²) in [6.45, 7) is 0.452. The number of hydrogen-bond donors (Lipinski definition) is 4. The van der Waals surface area contributed by atoms with Crippen LogP contribution in [-0.4, -0.2) is 125 Å². The van der Waals surface area contributed by atoms with Gasteiger partial charge in [-0.05, 0) is 0 Å². The monoisotopic (exact) mass is 869 g/mol. The SMILES string of the molecule is CS(=O)(=O)CC(CC(=O)OCc1ccccc1)NCB=O.CS(=O)CC(CC(=O)OCc1ccccc1)NCB=O.O=BCNC(CC(=O)OCc1ccccc1)C(=O)O. The van der Waals surface area contributed by atoms with Gasteiger partial charge in [-0.15, -0.1) is 0 Å². The van der Waals surface area contributed by atoms with E-state index in [0.29, 0.717) is 27.2 Å². The van der Waals surface area contributed by atoms with Crippen LogP contribution in [0, 0.1) is 0 Å². The van der Waals surface area contributed by atoms with Crippen LogP contribution in [0.15, 0.2) is 91.0 Å². The number of carbonyl (C=O) groups excluding carboxylic acids is 3. The Bertz CT molecular complexity index is 1880. The Labute approximate surface area is 354 Å². The zero-order valence-electron chi connectivity index (χ0n) is 33.5. The van der Waals surface area contributed by atoms with Crippen LogP contribution in [0.2, 0.25) is 0 Å². The molecule has 0 spiro atoms. The summed E-state index contributed by atoms with van der Waals surface area (Å²) >= 11 is 0. The second-order valence-corrected chi connectivity index (χ2v) is 16.6. The molecule has 0 aliphatic heterocycles. The standard InChI is InChI=1S/C13H18BNO5S.C13H18BNO4S.C12H14BNO5/c1-21(18,19)9-12(15-10-14-17)7-13(16)20-8-11-5-3-2-4-6-11;1-20(18)9-12(15-10-14-17)7-13(16)19-8-11-5-3-2-4-6-11;15-11(6-10(12(16)17)14-8-13-18)19-7-9-4-2-1-3-5-9/h2-6,12,15H,7-10H2,1H3;2-6,12,15H,7-10H2,1H3;1-5,10,14H,6-8H2,(H,16,17). The third kappa shape index (κ3) is 28.5. The Morgan fingerprint density at radius 1 is 0.617 bits per heavy atom. The Morgan fingerprint density at radius 3 is 1.32 bits per heavy atom. The van der Waals surface area contributed by atoms with Gasteiger partial charge in [0.2, 0.25) is 0 Å². The Hall–Kier alpha value is -4.89. The molecule has 0 fully saturated rings. The molecule has 4 unspecified atom stereocenters. The van der Waals surface area contributed by atoms with Crippen LogP contribution in [-0.2, 0) is 88.0 Å². The molecule has 0 radical (unpaired) electrons. The molecule has 0 aliphatic rings. The number of hydrogen-bond acceptors (Lipinski definition) is 16. The Balaban J connectivity index is 0.000000451. The van der Waals surface area contributed by atoms with Crippen LogP contribution in [0.4, 0.5) is 0 Å². The Morgan fingerprint density at radius 2 is 0.967 bits per heavy atom. The van der Waals surface area contributed by atoms with E-state index in [-0.39, 0.29) is 76.2 Å². The molecule has 3 rings (SSSR count). The molecule has 0 amide bonds. The summed E-state index contributed by atoms with van der Waals surface area (Å²) in [6, 6.07) is 25.6. The predicted octanol–water partition coefficient (Wildman–Crippen LogP) is 0.764. The number of nitrogens with one attached hydrogen (secondary N) is 3. The predicted molar refractivity (Wildman–Crippen MR) is 224 cm³/mol. The number of benzene rings is 3. The van der Waals surface area contributed by atoms with Gasteiger partial charge in [0, 0.05) is 0 Å². The summed E-state index contributed by atoms with van der Waals surface area (Å²) in [6.07, 6.45) is 2.32. The van der Waals surface area contributed by atoms with Crippen LogP contribution in [0.3, 0.4) is 0 Å². The van der Waals surface area contributed by atoms with Crippen molar-refractivity contribution >= 4 is 66.0 Å². The van der Waals surface area contributed by atoms with Gasteiger partial charge in [-0.2, -0.15) is 0 Å². The van der Waals surface area contributed by atoms with E-state index < -0.39 is 50.6 Å². The number of ether oxygens (including phenoxy) is 3. The van der Waals surface area contributed by atoms with Gasteiger partial charge >= 0.3 is 355 Å². The fourth-order valence-corrected chi connectivity index (χ4v) is 6.62. The van der Waals surface area contributed by atoms with Crippen molar-refractivity contribution in [1.29, 1.82) is 0 Å². The summed E-state index contributed by atoms with van der Waals surface area (Å²) in [7, 11) is -2.44. The molecule has 4 atom stereocenters. The van der Waals surface area contributed by atoms with Crippen molar-refractivity contribution in [3.63, 3.8) is 0 Å². The van der Waals surface area contributed by atoms with E-state index in [1.807, 2.05) is 78.9 Å². The van der Waals surface area contributed by atoms with Crippen molar-refractivity contribution in [3.05, 3.63) is 108 Å². The summed E-state index contributed by atoms with van der Waals surface area (Å²) in [5.41, 5.74) is 2.59. The van der Waals surface area contributed by atoms with Gasteiger partial charge in [0.15, 0.2) is 0 Å². The molecule has 0 heterocycles. The van der Waals surface area contributed by atoms with E-state index in [0.717, 1.165) is 22.9 Å². The van der Waals surface area contributed by atoms with Gasteiger partial charge in [0.05, 0.1) is 0 Å². The maximum atomic E-state index is 11.7. The molecule has 4 N–H and O–H groups in total. The zero-order chi connectivity index (χ0) is 44.6. The average molecular weight is 869 g/mol. The molecule has 3 aromatic rings. The molecule has 60 heavy (non-hydrogen) atoms. The van der Waals surface area contributed by atoms with Crippen LogP contribution < -0.4 is 16.0 Å². The van der Waals surface area contributed by atoms with Crippen molar-refractivity contribution in [2.24, 2.45) is 0 Å². The maximum absolute atomic E-state index is 11.7. The minimum absolute atomic E-state index is 0.00779. The zero-order valence-corrected chi connectivity index (χ0v) is 35.1. The van der Waals surface area contributed by atoms with E-state index in [1.165, 1.54) is 0 Å². The fraction of sp³-hybridized carbons (Fsp3) is 0.421. The summed E-state index contributed by atoms with van der Waals surface area (Å²) in [5.74, 6) is -2.61. The van der Waals surface area contributed by atoms with Gasteiger partial charge < -0.3 is 0 Å². The second-order valence-electron chi connectivity index (χ2n) is 12.9. The molecular formula is C38H50B3N3O14S2. The molecule has 0 bridgehead atoms. The number of rotatable bonds is 26. The van der Waals surface area contributed by atoms with Gasteiger partial charge in [-0.25, -0.2) is 0 Å². The molecule has 0 aliphatic carbocycles. The minimum atomic E-state index is -3.25. The number of sulfone groups is 1. The van der Waals surface area contributed by atoms with E-state index in [4.69, 9.17) is 19.3 Å². The van der Waals surface area contributed by atoms with Crippen molar-refractivity contribution in [2.75, 3.05) is 43.3 Å². The van der Waals surface area contributed by atoms with Crippen molar-refractivity contribution in [1.82, 2.24) is 16.0 Å². The summed E-state index contributed by atoms with van der Waals surface area (Å²) in [5, 5.41) is 16.9. The van der Waals surface area contributed by atoms with Crippen LogP contribution in [0.5, 0.6) is 0 Å². The number of aliphatic carboxylic acids is 1. The fourth-order valence-electron chi connectivity index (χ4n) is 4.86. The average Bonchev–Trinajstić information content (AvgIpc) is 3.22. The molecule has 0 aromatic heterocycles. The molecule has 0 saturated carbocycles. The van der Waals surface area contributed by atoms with E-state index in [2.05, 4.69) is 16.0 Å². The normalized spacial score (nSPS) is 12.4. The molecule has 22 heteroatoms. The van der Waals surface area contributed by atoms with Crippen LogP contribution >= 0.6 is 0 Å². The number of carboxylic acid groups (broad SMARTS) is 1. The third-order valence-electron chi connectivity index (χ3n) is 7.59. The quantitative estimate of drug-likeness (QED) is 0.0494. The van der Waals surface area contributed by atoms with Crippen molar-refractivity contribution in [2.45, 2.75) is 57.2 Å². The van der Waals surface area contributed by atoms with E-state index in [9.17, 15) is 45.9 Å². The number of carboxylic acids is 1. The number of carbonyl (C=O) groups is 4. The van der Waals surface area contributed by atoms with Crippen molar-refractivity contribution in [3.8, 4) is 0 Å². The first kappa shape index (κ1) is 53.1. The first-order valence-corrected chi connectivity index (χ1v) is 22.2. The molecule has 3 aromatic carbocycles. The topological polar surface area (TPSA) is 255 Å². The first-order chi connectivity index (χ1) is 28.6. The molecule has 322 valence electrons. The summed E-state index contributed by atoms with van der Waals surface area (Å²) in [4.78, 5) is 45.8. The second kappa shape index (κ2) is 32.0.